The number of benzene rings is 4. The number of anilines is 2. The first kappa shape index (κ1) is 45.7. The quantitative estimate of drug-likeness (QED) is 0.0826. The third kappa shape index (κ3) is 9.53. The highest BCUT2D eigenvalue weighted by Gasteiger charge is 2.27. The van der Waals surface area contributed by atoms with Crippen LogP contribution in [0.3, 0.4) is 0 Å². The molecule has 2 saturated carbocycles. The lowest BCUT2D eigenvalue weighted by molar-refractivity contribution is 0.0942. The number of hydrogen-bond donors (Lipinski definition) is 4. The molecule has 2 aliphatic rings. The number of amides is 2. The van der Waals surface area contributed by atoms with Crippen molar-refractivity contribution in [3.63, 3.8) is 0 Å². The van der Waals surface area contributed by atoms with Crippen molar-refractivity contribution in [2.24, 2.45) is 0 Å². The largest absolute Gasteiger partial charge is 0.367 e. The van der Waals surface area contributed by atoms with Crippen LogP contribution in [0, 0.1) is 27.7 Å². The molecule has 0 unspecified atom stereocenters. The van der Waals surface area contributed by atoms with Gasteiger partial charge >= 0.3 is 0 Å². The van der Waals surface area contributed by atoms with Crippen LogP contribution >= 0.6 is 23.2 Å². The lowest BCUT2D eigenvalue weighted by Crippen LogP contribution is -2.25. The van der Waals surface area contributed by atoms with E-state index in [4.69, 9.17) is 43.1 Å². The summed E-state index contributed by atoms with van der Waals surface area (Å²) < 4.78 is 4.24. The van der Waals surface area contributed by atoms with Gasteiger partial charge in [-0.3, -0.25) is 23.4 Å². The summed E-state index contributed by atoms with van der Waals surface area (Å²) in [4.78, 5) is 48.8. The lowest BCUT2D eigenvalue weighted by Gasteiger charge is -2.13. The third-order valence-electron chi connectivity index (χ3n) is 12.9. The molecular formula is C54H53Cl2N11O2. The molecule has 0 atom stereocenters. The van der Waals surface area contributed by atoms with Crippen molar-refractivity contribution < 1.29 is 9.59 Å². The van der Waals surface area contributed by atoms with E-state index in [1.807, 2.05) is 54.9 Å². The maximum Gasteiger partial charge on any atom is 0.253 e. The van der Waals surface area contributed by atoms with Gasteiger partial charge in [0.25, 0.3) is 11.8 Å². The van der Waals surface area contributed by atoms with E-state index in [0.29, 0.717) is 39.2 Å². The molecule has 13 nitrogen and oxygen atoms in total. The van der Waals surface area contributed by atoms with Crippen LogP contribution in [0.5, 0.6) is 0 Å². The van der Waals surface area contributed by atoms with Crippen LogP contribution in [0.1, 0.15) is 94.1 Å². The maximum absolute atomic E-state index is 12.6. The van der Waals surface area contributed by atoms with Crippen molar-refractivity contribution in [2.45, 2.75) is 91.8 Å². The van der Waals surface area contributed by atoms with Gasteiger partial charge in [0, 0.05) is 36.0 Å². The lowest BCUT2D eigenvalue weighted by atomic mass is 10.1. The monoisotopic (exact) mass is 957 g/mol. The minimum absolute atomic E-state index is 0.115. The van der Waals surface area contributed by atoms with E-state index >= 15 is 0 Å². The molecule has 69 heavy (non-hydrogen) atoms. The summed E-state index contributed by atoms with van der Waals surface area (Å²) in [6.07, 6.45) is 11.8. The molecule has 2 aliphatic carbocycles. The molecule has 9 aromatic rings. The first-order valence-corrected chi connectivity index (χ1v) is 24.4. The van der Waals surface area contributed by atoms with Crippen LogP contribution in [0.25, 0.3) is 55.9 Å². The van der Waals surface area contributed by atoms with Crippen LogP contribution in [0.2, 0.25) is 10.0 Å². The molecule has 0 aliphatic heterocycles. The number of unbranched alkanes of at least 4 members (excludes halogenated alkanes) is 1. The van der Waals surface area contributed by atoms with Crippen molar-refractivity contribution in [1.29, 1.82) is 0 Å². The van der Waals surface area contributed by atoms with Crippen molar-refractivity contribution in [2.75, 3.05) is 17.2 Å². The van der Waals surface area contributed by atoms with E-state index < -0.39 is 0 Å². The Balaban J connectivity index is 0.000000161. The summed E-state index contributed by atoms with van der Waals surface area (Å²) in [7, 11) is 0. The third-order valence-corrected chi connectivity index (χ3v) is 13.5. The van der Waals surface area contributed by atoms with Crippen molar-refractivity contribution in [3.05, 3.63) is 147 Å². The minimum Gasteiger partial charge on any atom is -0.367 e. The van der Waals surface area contributed by atoms with E-state index in [2.05, 4.69) is 93.9 Å². The Morgan fingerprint density at radius 2 is 1.12 bits per heavy atom. The molecule has 5 heterocycles. The second-order valence-corrected chi connectivity index (χ2v) is 19.0. The summed E-state index contributed by atoms with van der Waals surface area (Å²) in [6, 6.07) is 26.0. The predicted molar refractivity (Wildman–Crippen MR) is 277 cm³/mol. The zero-order valence-electron chi connectivity index (χ0n) is 39.3. The molecule has 15 heteroatoms. The molecule has 350 valence electrons. The maximum atomic E-state index is 12.6. The molecule has 4 aromatic carbocycles. The van der Waals surface area contributed by atoms with Gasteiger partial charge in [-0.25, -0.2) is 19.9 Å². The molecule has 0 spiro atoms. The first-order chi connectivity index (χ1) is 33.4. The number of carbonyl (C=O) groups is 2. The molecule has 0 bridgehead atoms. The SMILES string of the molecule is CCCCNc1nc2cc(C)c(C)cc2n2c(-c3ccc(C(=O)NC4CC4)c(Cl)c3)cnc12.Cc1cc2nc(NCc3ccccn3)c3ncc(-c4ccc(C(=O)NC5CC5)c(Cl)c4)n3c2cc1C. The van der Waals surface area contributed by atoms with Gasteiger partial charge in [0.1, 0.15) is 0 Å². The fourth-order valence-corrected chi connectivity index (χ4v) is 8.91. The van der Waals surface area contributed by atoms with Crippen LogP contribution in [-0.4, -0.2) is 64.2 Å². The Morgan fingerprint density at radius 3 is 1.57 bits per heavy atom. The smallest absolute Gasteiger partial charge is 0.253 e. The number of fused-ring (bicyclic) bond motifs is 6. The highest BCUT2D eigenvalue weighted by Crippen LogP contribution is 2.35. The summed E-state index contributed by atoms with van der Waals surface area (Å²) in [5, 5.41) is 13.7. The Bertz CT molecular complexity index is 3450. The summed E-state index contributed by atoms with van der Waals surface area (Å²) in [5.74, 6) is 1.20. The van der Waals surface area contributed by atoms with E-state index in [1.165, 1.54) is 22.3 Å². The highest BCUT2D eigenvalue weighted by atomic mass is 35.5. The Morgan fingerprint density at radius 1 is 0.623 bits per heavy atom. The van der Waals surface area contributed by atoms with E-state index in [-0.39, 0.29) is 23.9 Å². The predicted octanol–water partition coefficient (Wildman–Crippen LogP) is 11.6. The number of nitrogens with one attached hydrogen (secondary N) is 4. The number of halogens is 2. The number of aryl methyl sites for hydroxylation is 4. The Labute approximate surface area is 410 Å². The normalized spacial score (nSPS) is 13.4. The average Bonchev–Trinajstić information content (AvgIpc) is 4.25. The van der Waals surface area contributed by atoms with Gasteiger partial charge in [-0.1, -0.05) is 54.7 Å². The molecule has 5 aromatic heterocycles. The molecule has 11 rings (SSSR count). The van der Waals surface area contributed by atoms with Crippen LogP contribution in [-0.2, 0) is 6.54 Å². The van der Waals surface area contributed by atoms with E-state index in [1.54, 1.807) is 18.3 Å². The molecule has 2 amide bonds. The Kier molecular flexibility index (Phi) is 12.7. The summed E-state index contributed by atoms with van der Waals surface area (Å²) in [6.45, 7) is 11.9. The van der Waals surface area contributed by atoms with Crippen molar-refractivity contribution >= 4 is 80.0 Å². The van der Waals surface area contributed by atoms with Crippen LogP contribution in [0.4, 0.5) is 11.6 Å². The van der Waals surface area contributed by atoms with E-state index in [0.717, 1.165) is 107 Å². The number of hydrogen-bond acceptors (Lipinski definition) is 9. The van der Waals surface area contributed by atoms with Crippen LogP contribution in [0.15, 0.2) is 97.5 Å². The number of nitrogens with zero attached hydrogens (tertiary/aromatic N) is 7. The van der Waals surface area contributed by atoms with Crippen molar-refractivity contribution in [1.82, 2.24) is 44.4 Å². The fraction of sp³-hybridized carbons (Fsp3) is 0.278. The average molecular weight is 959 g/mol. The van der Waals surface area contributed by atoms with Gasteiger partial charge in [0.05, 0.1) is 79.3 Å². The molecular weight excluding hydrogens is 906 g/mol. The molecule has 0 radical (unpaired) electrons. The van der Waals surface area contributed by atoms with Gasteiger partial charge in [-0.15, -0.1) is 0 Å². The number of imidazole rings is 2. The molecule has 2 fully saturated rings. The van der Waals surface area contributed by atoms with Gasteiger partial charge < -0.3 is 21.3 Å². The summed E-state index contributed by atoms with van der Waals surface area (Å²) >= 11 is 13.1. The fourth-order valence-electron chi connectivity index (χ4n) is 8.38. The van der Waals surface area contributed by atoms with Gasteiger partial charge in [0.2, 0.25) is 0 Å². The summed E-state index contributed by atoms with van der Waals surface area (Å²) in [5.41, 5.74) is 15.4. The molecule has 4 N–H and O–H groups in total. The van der Waals surface area contributed by atoms with Crippen LogP contribution < -0.4 is 21.3 Å². The number of rotatable bonds is 13. The highest BCUT2D eigenvalue weighted by molar-refractivity contribution is 6.34. The number of carbonyl (C=O) groups excluding carboxylic acids is 2. The number of aromatic nitrogens is 7. The van der Waals surface area contributed by atoms with E-state index in [9.17, 15) is 9.59 Å². The zero-order chi connectivity index (χ0) is 47.9. The number of pyridine rings is 1. The first-order valence-electron chi connectivity index (χ1n) is 23.6. The Hall–Kier alpha value is -7.09. The zero-order valence-corrected chi connectivity index (χ0v) is 40.8. The van der Waals surface area contributed by atoms with Gasteiger partial charge in [0.15, 0.2) is 22.9 Å². The van der Waals surface area contributed by atoms with Crippen molar-refractivity contribution in [3.8, 4) is 22.5 Å². The molecule has 0 saturated heterocycles. The van der Waals surface area contributed by atoms with Gasteiger partial charge in [-0.05, 0) is 143 Å². The van der Waals surface area contributed by atoms with Gasteiger partial charge in [-0.2, -0.15) is 0 Å². The minimum atomic E-state index is -0.131. The standard InChI is InChI=1S/C28H25ClN6O.C26H28ClN5O/c1-16-11-23-24(12-17(16)2)35-25(18-6-9-21(22(29)13-18)28(36)33-19-7-8-19)15-32-27(35)26(34-23)31-14-20-5-3-4-10-30-20;1-4-5-10-28-24-25-29-14-23(32(25)22-12-16(3)15(2)11-21(22)31-24)17-6-9-19(20(27)13-17)26(33)30-18-7-8-18/h3-6,9-13,15,19H,7-8,14H2,1-2H3,(H,31,34)(H,33,36);6,9,11-14,18H,4-5,7-8,10H2,1-3H3,(H,28,31)(H,30,33). The second-order valence-electron chi connectivity index (χ2n) is 18.2. The topological polar surface area (TPSA) is 156 Å². The second kappa shape index (κ2) is 19.1.